The van der Waals surface area contributed by atoms with E-state index >= 15 is 0 Å². The Balaban J connectivity index is 1.89. The smallest absolute Gasteiger partial charge is 0.0484 e. The Morgan fingerprint density at radius 3 is 2.50 bits per heavy atom. The molecule has 0 unspecified atom stereocenters. The Bertz CT molecular complexity index is 577. The fourth-order valence-corrected chi connectivity index (χ4v) is 3.37. The van der Waals surface area contributed by atoms with Crippen molar-refractivity contribution in [2.24, 2.45) is 0 Å². The highest BCUT2D eigenvalue weighted by Gasteiger charge is 2.13. The maximum atomic E-state index is 5.91. The van der Waals surface area contributed by atoms with E-state index in [0.717, 1.165) is 18.8 Å². The zero-order valence-electron chi connectivity index (χ0n) is 12.4. The van der Waals surface area contributed by atoms with Crippen LogP contribution in [0.5, 0.6) is 0 Å². The molecule has 3 nitrogen and oxygen atoms in total. The molecule has 1 aliphatic heterocycles. The van der Waals surface area contributed by atoms with E-state index in [1.165, 1.54) is 55.4 Å². The van der Waals surface area contributed by atoms with Crippen LogP contribution in [0.1, 0.15) is 38.3 Å². The van der Waals surface area contributed by atoms with Gasteiger partial charge in [-0.1, -0.05) is 12.8 Å². The van der Waals surface area contributed by atoms with Crippen LogP contribution in [0.3, 0.4) is 0 Å². The number of anilines is 1. The van der Waals surface area contributed by atoms with Gasteiger partial charge in [0.2, 0.25) is 0 Å². The summed E-state index contributed by atoms with van der Waals surface area (Å²) < 4.78 is 2.43. The fraction of sp³-hybridized carbons (Fsp3) is 0.529. The van der Waals surface area contributed by atoms with Crippen LogP contribution in [0.2, 0.25) is 0 Å². The predicted molar refractivity (Wildman–Crippen MR) is 85.8 cm³/mol. The number of nitrogens with zero attached hydrogens (tertiary/aromatic N) is 2. The molecule has 0 amide bonds. The predicted octanol–water partition coefficient (Wildman–Crippen LogP) is 3.62. The molecule has 0 radical (unpaired) electrons. The van der Waals surface area contributed by atoms with E-state index in [0.29, 0.717) is 0 Å². The number of hydrogen-bond donors (Lipinski definition) is 1. The van der Waals surface area contributed by atoms with Crippen LogP contribution >= 0.6 is 0 Å². The van der Waals surface area contributed by atoms with E-state index in [4.69, 9.17) is 5.73 Å². The van der Waals surface area contributed by atoms with Crippen LogP contribution in [0.15, 0.2) is 24.3 Å². The van der Waals surface area contributed by atoms with Gasteiger partial charge >= 0.3 is 0 Å². The summed E-state index contributed by atoms with van der Waals surface area (Å²) in [4.78, 5) is 2.61. The third kappa shape index (κ3) is 2.68. The van der Waals surface area contributed by atoms with Crippen molar-refractivity contribution < 1.29 is 0 Å². The van der Waals surface area contributed by atoms with Gasteiger partial charge in [-0.15, -0.1) is 0 Å². The van der Waals surface area contributed by atoms with E-state index in [2.05, 4.69) is 34.6 Å². The van der Waals surface area contributed by atoms with Gasteiger partial charge in [0.15, 0.2) is 0 Å². The van der Waals surface area contributed by atoms with Crippen molar-refractivity contribution in [3.63, 3.8) is 0 Å². The van der Waals surface area contributed by atoms with Gasteiger partial charge in [0, 0.05) is 35.4 Å². The summed E-state index contributed by atoms with van der Waals surface area (Å²) in [5.41, 5.74) is 9.50. The average Bonchev–Trinajstić information content (AvgIpc) is 2.61. The molecular weight excluding hydrogens is 246 g/mol. The van der Waals surface area contributed by atoms with Gasteiger partial charge in [-0.25, -0.2) is 0 Å². The molecule has 1 saturated heterocycles. The normalized spacial score (nSPS) is 17.4. The zero-order chi connectivity index (χ0) is 13.9. The van der Waals surface area contributed by atoms with E-state index in [-0.39, 0.29) is 0 Å². The number of likely N-dealkylation sites (tertiary alicyclic amines) is 1. The first kappa shape index (κ1) is 13.5. The number of nitrogen functional groups attached to an aromatic ring is 1. The van der Waals surface area contributed by atoms with Crippen LogP contribution in [-0.4, -0.2) is 22.6 Å². The molecule has 1 aromatic heterocycles. The molecule has 0 bridgehead atoms. The first-order valence-corrected chi connectivity index (χ1v) is 7.88. The van der Waals surface area contributed by atoms with Gasteiger partial charge in [0.1, 0.15) is 0 Å². The van der Waals surface area contributed by atoms with Crippen molar-refractivity contribution in [3.8, 4) is 0 Å². The lowest BCUT2D eigenvalue weighted by Crippen LogP contribution is -2.25. The quantitative estimate of drug-likeness (QED) is 0.865. The number of nitrogens with two attached hydrogens (primary N) is 1. The van der Waals surface area contributed by atoms with Crippen molar-refractivity contribution in [1.29, 1.82) is 0 Å². The van der Waals surface area contributed by atoms with Gasteiger partial charge in [-0.3, -0.25) is 4.90 Å². The lowest BCUT2D eigenvalue weighted by atomic mass is 10.2. The second-order valence-corrected chi connectivity index (χ2v) is 5.89. The largest absolute Gasteiger partial charge is 0.399 e. The summed E-state index contributed by atoms with van der Waals surface area (Å²) in [7, 11) is 0. The lowest BCUT2D eigenvalue weighted by molar-refractivity contribution is 0.270. The number of rotatable bonds is 3. The Labute approximate surface area is 121 Å². The summed E-state index contributed by atoms with van der Waals surface area (Å²) in [6.07, 6.45) is 5.48. The van der Waals surface area contributed by atoms with Gasteiger partial charge in [0.05, 0.1) is 0 Å². The molecule has 20 heavy (non-hydrogen) atoms. The highest BCUT2D eigenvalue weighted by Crippen LogP contribution is 2.24. The van der Waals surface area contributed by atoms with Crippen LogP contribution in [-0.2, 0) is 13.1 Å². The second-order valence-electron chi connectivity index (χ2n) is 5.89. The van der Waals surface area contributed by atoms with Crippen molar-refractivity contribution >= 4 is 16.6 Å². The highest BCUT2D eigenvalue weighted by molar-refractivity contribution is 5.84. The topological polar surface area (TPSA) is 34.2 Å². The van der Waals surface area contributed by atoms with Crippen LogP contribution < -0.4 is 5.73 Å². The maximum absolute atomic E-state index is 5.91. The Hall–Kier alpha value is -1.48. The van der Waals surface area contributed by atoms with Crippen molar-refractivity contribution in [1.82, 2.24) is 9.47 Å². The van der Waals surface area contributed by atoms with Gasteiger partial charge < -0.3 is 10.3 Å². The minimum atomic E-state index is 0.854. The molecule has 0 spiro atoms. The number of hydrogen-bond acceptors (Lipinski definition) is 2. The Morgan fingerprint density at radius 1 is 1.05 bits per heavy atom. The van der Waals surface area contributed by atoms with Gasteiger partial charge in [-0.2, -0.15) is 0 Å². The number of benzene rings is 1. The molecule has 1 aliphatic rings. The number of aromatic nitrogens is 1. The van der Waals surface area contributed by atoms with Gasteiger partial charge in [0.25, 0.3) is 0 Å². The lowest BCUT2D eigenvalue weighted by Gasteiger charge is -2.20. The molecule has 108 valence electrons. The molecule has 2 aromatic rings. The van der Waals surface area contributed by atoms with Crippen molar-refractivity contribution in [2.45, 2.75) is 45.7 Å². The van der Waals surface area contributed by atoms with E-state index in [1.807, 2.05) is 6.07 Å². The van der Waals surface area contributed by atoms with E-state index in [1.54, 1.807) is 0 Å². The summed E-state index contributed by atoms with van der Waals surface area (Å²) in [6.45, 7) is 6.81. The molecule has 2 N–H and O–H groups in total. The van der Waals surface area contributed by atoms with E-state index in [9.17, 15) is 0 Å². The molecule has 3 heteroatoms. The fourth-order valence-electron chi connectivity index (χ4n) is 3.37. The Morgan fingerprint density at radius 2 is 1.80 bits per heavy atom. The standard InChI is InChI=1S/C17H25N3/c1-2-20-16(13-19-9-5-3-4-6-10-19)12-14-11-15(18)7-8-17(14)20/h7-8,11-12H,2-6,9-10,13,18H2,1H3. The number of aryl methyl sites for hydroxylation is 1. The first-order valence-electron chi connectivity index (χ1n) is 7.88. The van der Waals surface area contributed by atoms with Crippen molar-refractivity contribution in [2.75, 3.05) is 18.8 Å². The monoisotopic (exact) mass is 271 g/mol. The van der Waals surface area contributed by atoms with Crippen LogP contribution in [0, 0.1) is 0 Å². The average molecular weight is 271 g/mol. The molecule has 3 rings (SSSR count). The molecule has 0 atom stereocenters. The Kier molecular flexibility index (Phi) is 3.97. The minimum Gasteiger partial charge on any atom is -0.399 e. The third-order valence-electron chi connectivity index (χ3n) is 4.41. The molecule has 0 saturated carbocycles. The molecular formula is C17H25N3. The van der Waals surface area contributed by atoms with Crippen LogP contribution in [0.25, 0.3) is 10.9 Å². The highest BCUT2D eigenvalue weighted by atomic mass is 15.1. The van der Waals surface area contributed by atoms with Crippen LogP contribution in [0.4, 0.5) is 5.69 Å². The molecule has 1 aromatic carbocycles. The zero-order valence-corrected chi connectivity index (χ0v) is 12.4. The van der Waals surface area contributed by atoms with Gasteiger partial charge in [-0.05, 0) is 57.1 Å². The molecule has 2 heterocycles. The van der Waals surface area contributed by atoms with E-state index < -0.39 is 0 Å². The first-order chi connectivity index (χ1) is 9.78. The molecule has 0 aliphatic carbocycles. The summed E-state index contributed by atoms with van der Waals surface area (Å²) >= 11 is 0. The summed E-state index contributed by atoms with van der Waals surface area (Å²) in [5.74, 6) is 0. The second kappa shape index (κ2) is 5.88. The number of fused-ring (bicyclic) bond motifs is 1. The maximum Gasteiger partial charge on any atom is 0.0484 e. The third-order valence-corrected chi connectivity index (χ3v) is 4.41. The minimum absolute atomic E-state index is 0.854. The van der Waals surface area contributed by atoms with Crippen molar-refractivity contribution in [3.05, 3.63) is 30.0 Å². The SMILES string of the molecule is CCn1c(CN2CCCCCC2)cc2cc(N)ccc21. The summed E-state index contributed by atoms with van der Waals surface area (Å²) in [6, 6.07) is 8.57. The summed E-state index contributed by atoms with van der Waals surface area (Å²) in [5, 5.41) is 1.27. The molecule has 1 fully saturated rings.